The van der Waals surface area contributed by atoms with E-state index in [4.69, 9.17) is 11.6 Å². The van der Waals surface area contributed by atoms with Crippen LogP contribution in [0, 0.1) is 0 Å². The number of rotatable bonds is 4. The molecule has 0 aliphatic rings. The van der Waals surface area contributed by atoms with Crippen LogP contribution in [0.5, 0.6) is 0 Å². The van der Waals surface area contributed by atoms with Gasteiger partial charge in [-0.25, -0.2) is 9.78 Å². The molecule has 0 amide bonds. The molecule has 2 aromatic rings. The summed E-state index contributed by atoms with van der Waals surface area (Å²) in [6.45, 7) is 0.557. The molecule has 0 saturated heterocycles. The van der Waals surface area contributed by atoms with E-state index >= 15 is 0 Å². The molecule has 0 bridgehead atoms. The van der Waals surface area contributed by atoms with Gasteiger partial charge in [-0.3, -0.25) is 5.10 Å². The Bertz CT molecular complexity index is 511. The zero-order chi connectivity index (χ0) is 12.3. The molecule has 6 nitrogen and oxygen atoms in total. The van der Waals surface area contributed by atoms with Crippen molar-refractivity contribution >= 4 is 34.0 Å². The summed E-state index contributed by atoms with van der Waals surface area (Å²) in [4.78, 5) is 15.6. The van der Waals surface area contributed by atoms with E-state index in [2.05, 4.69) is 25.2 Å². The molecular weight excluding hydrogens is 264 g/mol. The highest BCUT2D eigenvalue weighted by Gasteiger charge is 2.16. The third kappa shape index (κ3) is 2.75. The van der Waals surface area contributed by atoms with Crippen molar-refractivity contribution in [2.45, 2.75) is 6.54 Å². The highest BCUT2D eigenvalue weighted by Crippen LogP contribution is 2.27. The van der Waals surface area contributed by atoms with Gasteiger partial charge in [0.2, 0.25) is 0 Å². The highest BCUT2D eigenvalue weighted by molar-refractivity contribution is 7.18. The van der Waals surface area contributed by atoms with Gasteiger partial charge < -0.3 is 10.1 Å². The summed E-state index contributed by atoms with van der Waals surface area (Å²) < 4.78 is 4.59. The van der Waals surface area contributed by atoms with Gasteiger partial charge in [0.05, 0.1) is 13.3 Å². The fourth-order valence-electron chi connectivity index (χ4n) is 1.15. The molecule has 0 saturated carbocycles. The first-order valence-electron chi connectivity index (χ1n) is 4.67. The topological polar surface area (TPSA) is 79.9 Å². The minimum absolute atomic E-state index is 0.150. The molecule has 2 N–H and O–H groups in total. The predicted molar refractivity (Wildman–Crippen MR) is 64.4 cm³/mol. The Kier molecular flexibility index (Phi) is 3.60. The third-order valence-electron chi connectivity index (χ3n) is 1.96. The fourth-order valence-corrected chi connectivity index (χ4v) is 2.25. The van der Waals surface area contributed by atoms with Gasteiger partial charge in [-0.1, -0.05) is 22.9 Å². The molecule has 0 fully saturated rings. The van der Waals surface area contributed by atoms with Crippen molar-refractivity contribution in [1.29, 1.82) is 0 Å². The number of anilines is 1. The maximum absolute atomic E-state index is 11.3. The molecule has 2 rings (SSSR count). The van der Waals surface area contributed by atoms with Crippen LogP contribution in [-0.2, 0) is 11.3 Å². The maximum Gasteiger partial charge on any atom is 0.351 e. The molecule has 0 aliphatic carbocycles. The molecule has 8 heteroatoms. The summed E-state index contributed by atoms with van der Waals surface area (Å²) in [5.41, 5.74) is 0.982. The summed E-state index contributed by atoms with van der Waals surface area (Å²) in [6, 6.07) is 0. The number of hydrogen-bond acceptors (Lipinski definition) is 6. The Morgan fingerprint density at radius 3 is 3.18 bits per heavy atom. The number of thiazole rings is 1. The zero-order valence-electron chi connectivity index (χ0n) is 8.86. The largest absolute Gasteiger partial charge is 0.465 e. The second kappa shape index (κ2) is 5.15. The molecule has 0 aliphatic heterocycles. The summed E-state index contributed by atoms with van der Waals surface area (Å²) in [6.07, 6.45) is 3.47. The van der Waals surface area contributed by atoms with E-state index in [1.807, 2.05) is 0 Å². The van der Waals surface area contributed by atoms with E-state index in [9.17, 15) is 4.79 Å². The Morgan fingerprint density at radius 2 is 2.53 bits per heavy atom. The Labute approximate surface area is 106 Å². The molecule has 17 heavy (non-hydrogen) atoms. The average molecular weight is 273 g/mol. The van der Waals surface area contributed by atoms with Crippen molar-refractivity contribution in [3.05, 3.63) is 28.0 Å². The number of nitrogens with zero attached hydrogens (tertiary/aromatic N) is 2. The molecule has 90 valence electrons. The van der Waals surface area contributed by atoms with Gasteiger partial charge in [0.25, 0.3) is 0 Å². The van der Waals surface area contributed by atoms with Crippen LogP contribution in [0.4, 0.5) is 5.13 Å². The second-order valence-corrected chi connectivity index (χ2v) is 4.45. The van der Waals surface area contributed by atoms with E-state index in [1.54, 1.807) is 12.4 Å². The first-order chi connectivity index (χ1) is 8.20. The van der Waals surface area contributed by atoms with Crippen molar-refractivity contribution < 1.29 is 9.53 Å². The SMILES string of the molecule is COC(=O)c1sc(NCc2cn[nH]c2)nc1Cl. The first-order valence-corrected chi connectivity index (χ1v) is 5.86. The lowest BCUT2D eigenvalue weighted by Gasteiger charge is -1.97. The van der Waals surface area contributed by atoms with Crippen LogP contribution in [0.3, 0.4) is 0 Å². The van der Waals surface area contributed by atoms with Gasteiger partial charge in [0.15, 0.2) is 15.2 Å². The Hall–Kier alpha value is -1.60. The van der Waals surface area contributed by atoms with Gasteiger partial charge in [-0.05, 0) is 0 Å². The second-order valence-electron chi connectivity index (χ2n) is 3.09. The van der Waals surface area contributed by atoms with E-state index < -0.39 is 5.97 Å². The Balaban J connectivity index is 2.05. The molecule has 2 aromatic heterocycles. The van der Waals surface area contributed by atoms with E-state index in [0.717, 1.165) is 16.9 Å². The van der Waals surface area contributed by atoms with Crippen LogP contribution < -0.4 is 5.32 Å². The minimum atomic E-state index is -0.483. The molecular formula is C9H9ClN4O2S. The third-order valence-corrected chi connectivity index (χ3v) is 3.33. The number of aromatic nitrogens is 3. The molecule has 2 heterocycles. The fraction of sp³-hybridized carbons (Fsp3) is 0.222. The number of carbonyl (C=O) groups excluding carboxylic acids is 1. The number of hydrogen-bond donors (Lipinski definition) is 2. The van der Waals surface area contributed by atoms with Crippen LogP contribution in [0.1, 0.15) is 15.2 Å². The molecule has 0 spiro atoms. The van der Waals surface area contributed by atoms with Crippen LogP contribution >= 0.6 is 22.9 Å². The quantitative estimate of drug-likeness (QED) is 0.831. The lowest BCUT2D eigenvalue weighted by molar-refractivity contribution is 0.0606. The molecule has 0 unspecified atom stereocenters. The summed E-state index contributed by atoms with van der Waals surface area (Å²) in [5, 5.41) is 10.3. The van der Waals surface area contributed by atoms with E-state index in [1.165, 1.54) is 7.11 Å². The van der Waals surface area contributed by atoms with Crippen molar-refractivity contribution in [3.8, 4) is 0 Å². The van der Waals surface area contributed by atoms with Crippen LogP contribution in [0.25, 0.3) is 0 Å². The van der Waals surface area contributed by atoms with Gasteiger partial charge >= 0.3 is 5.97 Å². The van der Waals surface area contributed by atoms with Gasteiger partial charge in [0, 0.05) is 18.3 Å². The number of H-pyrrole nitrogens is 1. The highest BCUT2D eigenvalue weighted by atomic mass is 35.5. The number of ether oxygens (including phenoxy) is 1. The van der Waals surface area contributed by atoms with Crippen molar-refractivity contribution in [3.63, 3.8) is 0 Å². The maximum atomic E-state index is 11.3. The minimum Gasteiger partial charge on any atom is -0.465 e. The molecule has 0 radical (unpaired) electrons. The van der Waals surface area contributed by atoms with Crippen molar-refractivity contribution in [1.82, 2.24) is 15.2 Å². The average Bonchev–Trinajstić information content (AvgIpc) is 2.94. The van der Waals surface area contributed by atoms with Gasteiger partial charge in [-0.15, -0.1) is 0 Å². The number of carbonyl (C=O) groups is 1. The summed E-state index contributed by atoms with van der Waals surface area (Å²) >= 11 is 6.97. The van der Waals surface area contributed by atoms with Gasteiger partial charge in [0.1, 0.15) is 0 Å². The van der Waals surface area contributed by atoms with Crippen LogP contribution in [0.15, 0.2) is 12.4 Å². The van der Waals surface area contributed by atoms with E-state index in [0.29, 0.717) is 16.6 Å². The Morgan fingerprint density at radius 1 is 1.71 bits per heavy atom. The number of methoxy groups -OCH3 is 1. The smallest absolute Gasteiger partial charge is 0.351 e. The standard InChI is InChI=1S/C9H9ClN4O2S/c1-16-8(15)6-7(10)14-9(17-6)11-2-5-3-12-13-4-5/h3-4H,2H2,1H3,(H,11,14)(H,12,13). The summed E-state index contributed by atoms with van der Waals surface area (Å²) in [5.74, 6) is -0.483. The number of aromatic amines is 1. The summed E-state index contributed by atoms with van der Waals surface area (Å²) in [7, 11) is 1.30. The van der Waals surface area contributed by atoms with Gasteiger partial charge in [-0.2, -0.15) is 5.10 Å². The monoisotopic (exact) mass is 272 g/mol. The van der Waals surface area contributed by atoms with Crippen molar-refractivity contribution in [2.75, 3.05) is 12.4 Å². The van der Waals surface area contributed by atoms with Crippen LogP contribution in [-0.4, -0.2) is 28.3 Å². The van der Waals surface area contributed by atoms with Crippen LogP contribution in [0.2, 0.25) is 5.15 Å². The number of esters is 1. The molecule has 0 atom stereocenters. The zero-order valence-corrected chi connectivity index (χ0v) is 10.4. The van der Waals surface area contributed by atoms with Crippen molar-refractivity contribution in [2.24, 2.45) is 0 Å². The lowest BCUT2D eigenvalue weighted by atomic mass is 10.4. The number of nitrogens with one attached hydrogen (secondary N) is 2. The predicted octanol–water partition coefficient (Wildman–Crippen LogP) is 1.92. The normalized spacial score (nSPS) is 10.2. The lowest BCUT2D eigenvalue weighted by Crippen LogP contribution is -1.98. The van der Waals surface area contributed by atoms with E-state index in [-0.39, 0.29) is 5.15 Å². The first kappa shape index (κ1) is 11.9. The molecule has 0 aromatic carbocycles. The number of halogens is 1.